The molecular formula is C16H14BrClO2. The van der Waals surface area contributed by atoms with Crippen molar-refractivity contribution < 1.29 is 9.53 Å². The first-order valence-corrected chi connectivity index (χ1v) is 7.47. The van der Waals surface area contributed by atoms with E-state index in [-0.39, 0.29) is 5.78 Å². The molecule has 0 amide bonds. The maximum atomic E-state index is 12.3. The number of halogens is 2. The molecule has 2 nitrogen and oxygen atoms in total. The van der Waals surface area contributed by atoms with Gasteiger partial charge in [0.25, 0.3) is 0 Å². The minimum absolute atomic E-state index is 0.0576. The Hall–Kier alpha value is -1.32. The summed E-state index contributed by atoms with van der Waals surface area (Å²) in [6.45, 7) is 2.53. The maximum absolute atomic E-state index is 12.3. The Morgan fingerprint density at radius 3 is 2.50 bits per heavy atom. The van der Waals surface area contributed by atoms with Crippen LogP contribution in [0.5, 0.6) is 5.75 Å². The van der Waals surface area contributed by atoms with Crippen molar-refractivity contribution in [1.29, 1.82) is 0 Å². The largest absolute Gasteiger partial charge is 0.494 e. The van der Waals surface area contributed by atoms with E-state index in [4.69, 9.17) is 16.3 Å². The molecule has 0 saturated carbocycles. The van der Waals surface area contributed by atoms with E-state index in [9.17, 15) is 4.79 Å². The third-order valence-electron chi connectivity index (χ3n) is 2.83. The Morgan fingerprint density at radius 2 is 1.90 bits per heavy atom. The molecule has 0 aromatic heterocycles. The zero-order valence-electron chi connectivity index (χ0n) is 11.0. The summed E-state index contributed by atoms with van der Waals surface area (Å²) < 4.78 is 6.15. The van der Waals surface area contributed by atoms with Crippen LogP contribution in [-0.4, -0.2) is 12.4 Å². The van der Waals surface area contributed by atoms with Gasteiger partial charge in [-0.25, -0.2) is 0 Å². The Balaban J connectivity index is 2.14. The third-order valence-corrected chi connectivity index (χ3v) is 3.74. The zero-order chi connectivity index (χ0) is 14.5. The summed E-state index contributed by atoms with van der Waals surface area (Å²) in [6.07, 6.45) is 0.351. The second-order valence-corrected chi connectivity index (χ2v) is 5.59. The van der Waals surface area contributed by atoms with Gasteiger partial charge in [-0.1, -0.05) is 23.7 Å². The van der Waals surface area contributed by atoms with Crippen molar-refractivity contribution >= 4 is 33.3 Å². The van der Waals surface area contributed by atoms with Gasteiger partial charge in [-0.2, -0.15) is 0 Å². The smallest absolute Gasteiger partial charge is 0.168 e. The van der Waals surface area contributed by atoms with Gasteiger partial charge in [-0.15, -0.1) is 0 Å². The molecule has 0 aliphatic carbocycles. The Morgan fingerprint density at radius 1 is 1.20 bits per heavy atom. The van der Waals surface area contributed by atoms with Crippen LogP contribution in [0.4, 0.5) is 0 Å². The van der Waals surface area contributed by atoms with Crippen LogP contribution in [0.1, 0.15) is 22.8 Å². The van der Waals surface area contributed by atoms with Crippen LogP contribution in [-0.2, 0) is 6.42 Å². The fourth-order valence-corrected chi connectivity index (χ4v) is 2.57. The molecular weight excluding hydrogens is 340 g/mol. The van der Waals surface area contributed by atoms with E-state index in [0.717, 1.165) is 15.8 Å². The van der Waals surface area contributed by atoms with E-state index in [0.29, 0.717) is 23.6 Å². The summed E-state index contributed by atoms with van der Waals surface area (Å²) in [6, 6.07) is 12.7. The van der Waals surface area contributed by atoms with E-state index in [2.05, 4.69) is 15.9 Å². The van der Waals surface area contributed by atoms with Crippen molar-refractivity contribution in [3.63, 3.8) is 0 Å². The lowest BCUT2D eigenvalue weighted by atomic mass is 10.0. The monoisotopic (exact) mass is 352 g/mol. The molecule has 0 atom stereocenters. The number of carbonyl (C=O) groups excluding carboxylic acids is 1. The average Bonchev–Trinajstić information content (AvgIpc) is 2.42. The normalized spacial score (nSPS) is 10.3. The lowest BCUT2D eigenvalue weighted by molar-refractivity contribution is 0.0992. The van der Waals surface area contributed by atoms with Gasteiger partial charge >= 0.3 is 0 Å². The van der Waals surface area contributed by atoms with Crippen LogP contribution in [0.2, 0.25) is 5.02 Å². The molecule has 0 N–H and O–H groups in total. The van der Waals surface area contributed by atoms with E-state index >= 15 is 0 Å². The lowest BCUT2D eigenvalue weighted by Crippen LogP contribution is -2.05. The van der Waals surface area contributed by atoms with Gasteiger partial charge in [0.1, 0.15) is 5.75 Å². The van der Waals surface area contributed by atoms with Crippen LogP contribution in [0.25, 0.3) is 0 Å². The molecule has 4 heteroatoms. The molecule has 104 valence electrons. The van der Waals surface area contributed by atoms with Gasteiger partial charge < -0.3 is 4.74 Å². The topological polar surface area (TPSA) is 26.3 Å². The number of benzene rings is 2. The predicted molar refractivity (Wildman–Crippen MR) is 84.8 cm³/mol. The Kier molecular flexibility index (Phi) is 5.21. The second kappa shape index (κ2) is 6.91. The molecule has 0 spiro atoms. The molecule has 20 heavy (non-hydrogen) atoms. The highest BCUT2D eigenvalue weighted by molar-refractivity contribution is 9.10. The van der Waals surface area contributed by atoms with Gasteiger partial charge in [-0.3, -0.25) is 4.79 Å². The molecule has 0 aliphatic heterocycles. The zero-order valence-corrected chi connectivity index (χ0v) is 13.4. The van der Waals surface area contributed by atoms with Crippen molar-refractivity contribution in [3.05, 3.63) is 63.1 Å². The molecule has 2 aromatic rings. The second-order valence-electron chi connectivity index (χ2n) is 4.30. The molecule has 0 heterocycles. The highest BCUT2D eigenvalue weighted by Crippen LogP contribution is 2.24. The van der Waals surface area contributed by atoms with E-state index in [1.54, 1.807) is 18.2 Å². The number of Topliss-reactive ketones (excluding diaryl/α,β-unsaturated/α-hetero) is 1. The summed E-state index contributed by atoms with van der Waals surface area (Å²) in [7, 11) is 0. The van der Waals surface area contributed by atoms with Crippen LogP contribution >= 0.6 is 27.5 Å². The number of rotatable bonds is 5. The summed E-state index contributed by atoms with van der Waals surface area (Å²) in [4.78, 5) is 12.3. The maximum Gasteiger partial charge on any atom is 0.168 e. The van der Waals surface area contributed by atoms with Gasteiger partial charge in [0.05, 0.1) is 6.61 Å². The predicted octanol–water partition coefficient (Wildman–Crippen LogP) is 4.93. The van der Waals surface area contributed by atoms with Crippen LogP contribution < -0.4 is 4.74 Å². The van der Waals surface area contributed by atoms with Crippen LogP contribution in [0, 0.1) is 0 Å². The minimum Gasteiger partial charge on any atom is -0.494 e. The van der Waals surface area contributed by atoms with Gasteiger partial charge in [0.15, 0.2) is 5.78 Å². The first-order valence-electron chi connectivity index (χ1n) is 6.30. The highest BCUT2D eigenvalue weighted by Gasteiger charge is 2.11. The van der Waals surface area contributed by atoms with Gasteiger partial charge in [-0.05, 0) is 58.7 Å². The minimum atomic E-state index is 0.0576. The molecule has 0 radical (unpaired) electrons. The summed E-state index contributed by atoms with van der Waals surface area (Å²) >= 11 is 9.25. The molecule has 2 rings (SSSR count). The Bertz CT molecular complexity index is 608. The average molecular weight is 354 g/mol. The SMILES string of the molecule is CCOc1ccc(C(=O)Cc2ccc(Cl)cc2)c(Br)c1. The van der Waals surface area contributed by atoms with E-state index in [1.807, 2.05) is 31.2 Å². The van der Waals surface area contributed by atoms with Crippen molar-refractivity contribution in [1.82, 2.24) is 0 Å². The lowest BCUT2D eigenvalue weighted by Gasteiger charge is -2.07. The van der Waals surface area contributed by atoms with E-state index < -0.39 is 0 Å². The molecule has 0 saturated heterocycles. The van der Waals surface area contributed by atoms with Crippen LogP contribution in [0.3, 0.4) is 0 Å². The summed E-state index contributed by atoms with van der Waals surface area (Å²) in [5.41, 5.74) is 1.60. The number of hydrogen-bond donors (Lipinski definition) is 0. The van der Waals surface area contributed by atoms with Crippen molar-refractivity contribution in [2.24, 2.45) is 0 Å². The third kappa shape index (κ3) is 3.84. The molecule has 0 aliphatic rings. The van der Waals surface area contributed by atoms with Gasteiger partial charge in [0.2, 0.25) is 0 Å². The summed E-state index contributed by atoms with van der Waals surface area (Å²) in [5, 5.41) is 0.670. The van der Waals surface area contributed by atoms with Crippen molar-refractivity contribution in [2.45, 2.75) is 13.3 Å². The van der Waals surface area contributed by atoms with Crippen molar-refractivity contribution in [2.75, 3.05) is 6.61 Å². The molecule has 2 aromatic carbocycles. The first-order chi connectivity index (χ1) is 9.60. The Labute approximate surface area is 131 Å². The van der Waals surface area contributed by atoms with E-state index in [1.165, 1.54) is 0 Å². The number of ether oxygens (including phenoxy) is 1. The van der Waals surface area contributed by atoms with Crippen LogP contribution in [0.15, 0.2) is 46.9 Å². The summed E-state index contributed by atoms with van der Waals surface area (Å²) in [5.74, 6) is 0.810. The molecule has 0 fully saturated rings. The standard InChI is InChI=1S/C16H14BrClO2/c1-2-20-13-7-8-14(15(17)10-13)16(19)9-11-3-5-12(18)6-4-11/h3-8,10H,2,9H2,1H3. The fourth-order valence-electron chi connectivity index (χ4n) is 1.86. The highest BCUT2D eigenvalue weighted by atomic mass is 79.9. The van der Waals surface area contributed by atoms with Crippen molar-refractivity contribution in [3.8, 4) is 5.75 Å². The fraction of sp³-hybridized carbons (Fsp3) is 0.188. The number of ketones is 1. The molecule has 0 bridgehead atoms. The number of hydrogen-bond acceptors (Lipinski definition) is 2. The quantitative estimate of drug-likeness (QED) is 0.713. The van der Waals surface area contributed by atoms with Gasteiger partial charge in [0, 0.05) is 21.5 Å². The number of carbonyl (C=O) groups is 1. The molecule has 0 unspecified atom stereocenters. The first kappa shape index (κ1) is 15.1.